The number of H-pyrrole nitrogens is 1. The number of ether oxygens (including phenoxy) is 3. The van der Waals surface area contributed by atoms with E-state index in [9.17, 15) is 37.2 Å². The minimum atomic E-state index is -3.82. The van der Waals surface area contributed by atoms with E-state index >= 15 is 0 Å². The van der Waals surface area contributed by atoms with Crippen LogP contribution < -0.4 is 46.1 Å². The first kappa shape index (κ1) is 75.7. The molecule has 0 bridgehead atoms. The molecule has 27 nitrogen and oxygen atoms in total. The highest BCUT2D eigenvalue weighted by atomic mass is 32.2. The second kappa shape index (κ2) is 36.6. The van der Waals surface area contributed by atoms with E-state index in [1.807, 2.05) is 83.1 Å². The SMILES string of the molecule is Cc1ccc(NC(=O)Nc2ncc(CCSc3nc(C(=O)O)c[nH]3)s2)c(OCC(C)C)c1.Cc1ccc(NC(=O)Nc2ncc(CS(=O)(=O)c3ccc(C(=O)O)cn3)s2)c(OCC(C)C)c1.Cc1ccc(NC(=O)Nc2ncc(CSc3ccc(C(=O)O)cn3)s2)c(OCC(C)C)c1. The summed E-state index contributed by atoms with van der Waals surface area (Å²) in [6, 6.07) is 20.8. The minimum absolute atomic E-state index is 0.00544. The Bertz CT molecular complexity index is 4310. The monoisotopic (exact) mass is 1450 g/mol. The number of aromatic amines is 1. The first-order valence-corrected chi connectivity index (χ1v) is 36.1. The number of thioether (sulfide) groups is 2. The van der Waals surface area contributed by atoms with Crippen molar-refractivity contribution in [1.82, 2.24) is 34.9 Å². The van der Waals surface area contributed by atoms with Gasteiger partial charge in [-0.05, 0) is 122 Å². The van der Waals surface area contributed by atoms with Crippen LogP contribution in [0.3, 0.4) is 0 Å². The Balaban J connectivity index is 0.000000207. The van der Waals surface area contributed by atoms with Crippen molar-refractivity contribution >= 4 is 136 Å². The fourth-order valence-electron chi connectivity index (χ4n) is 7.85. The number of aromatic carboxylic acids is 3. The molecule has 0 aliphatic carbocycles. The van der Waals surface area contributed by atoms with Gasteiger partial charge in [-0.1, -0.05) is 71.5 Å². The maximum atomic E-state index is 12.6. The molecule has 0 spiro atoms. The van der Waals surface area contributed by atoms with Gasteiger partial charge in [0.1, 0.15) is 17.2 Å². The molecule has 0 fully saturated rings. The topological polar surface area (TPSA) is 390 Å². The summed E-state index contributed by atoms with van der Waals surface area (Å²) in [6.07, 6.45) is 9.16. The quantitative estimate of drug-likeness (QED) is 0.0204. The predicted octanol–water partition coefficient (Wildman–Crippen LogP) is 14.6. The van der Waals surface area contributed by atoms with E-state index in [1.54, 1.807) is 24.5 Å². The second-order valence-electron chi connectivity index (χ2n) is 22.7. The maximum Gasteiger partial charge on any atom is 0.356 e. The third kappa shape index (κ3) is 25.1. The number of carboxylic acid groups (broad SMARTS) is 3. The fraction of sp³-hybridized carbons (Fsp3) is 0.292. The molecular weight excluding hydrogens is 1380 g/mol. The number of hydrogen-bond donors (Lipinski definition) is 10. The van der Waals surface area contributed by atoms with E-state index in [0.29, 0.717) is 115 Å². The van der Waals surface area contributed by atoms with Gasteiger partial charge in [0, 0.05) is 63.3 Å². The maximum absolute atomic E-state index is 12.6. The molecule has 9 rings (SSSR count). The predicted molar refractivity (Wildman–Crippen MR) is 382 cm³/mol. The Morgan fingerprint density at radius 2 is 0.939 bits per heavy atom. The molecule has 9 aromatic rings. The Morgan fingerprint density at radius 1 is 0.510 bits per heavy atom. The third-order valence-electron chi connectivity index (χ3n) is 12.5. The van der Waals surface area contributed by atoms with Crippen LogP contribution >= 0.6 is 57.5 Å². The number of anilines is 6. The van der Waals surface area contributed by atoms with Crippen molar-refractivity contribution in [2.24, 2.45) is 17.8 Å². The Labute approximate surface area is 585 Å². The Kier molecular flexibility index (Phi) is 28.3. The molecule has 98 heavy (non-hydrogen) atoms. The number of urea groups is 3. The Hall–Kier alpha value is -9.67. The lowest BCUT2D eigenvalue weighted by atomic mass is 10.2. The highest BCUT2D eigenvalue weighted by molar-refractivity contribution is 7.99. The van der Waals surface area contributed by atoms with E-state index < -0.39 is 51.6 Å². The molecule has 10 N–H and O–H groups in total. The summed E-state index contributed by atoms with van der Waals surface area (Å²) >= 11 is 6.64. The van der Waals surface area contributed by atoms with Crippen LogP contribution in [0, 0.1) is 38.5 Å². The van der Waals surface area contributed by atoms with Crippen LogP contribution in [0.5, 0.6) is 17.2 Å². The molecule has 0 aliphatic rings. The summed E-state index contributed by atoms with van der Waals surface area (Å²) < 4.78 is 42.6. The van der Waals surface area contributed by atoms with Crippen molar-refractivity contribution < 1.29 is 66.7 Å². The van der Waals surface area contributed by atoms with Crippen LogP contribution in [0.15, 0.2) is 131 Å². The van der Waals surface area contributed by atoms with Gasteiger partial charge < -0.3 is 50.5 Å². The zero-order valence-corrected chi connectivity index (χ0v) is 59.5. The van der Waals surface area contributed by atoms with Crippen LogP contribution in [0.1, 0.15) is 104 Å². The number of thiazole rings is 3. The minimum Gasteiger partial charge on any atom is -0.491 e. The molecule has 0 saturated carbocycles. The van der Waals surface area contributed by atoms with Crippen molar-refractivity contribution in [2.45, 2.75) is 95.4 Å². The number of aromatic nitrogens is 7. The summed E-state index contributed by atoms with van der Waals surface area (Å²) in [7, 11) is -3.82. The van der Waals surface area contributed by atoms with Crippen LogP contribution in [0.25, 0.3) is 0 Å². The highest BCUT2D eigenvalue weighted by Crippen LogP contribution is 2.32. The highest BCUT2D eigenvalue weighted by Gasteiger charge is 2.22. The number of hydrogen-bond acceptors (Lipinski definition) is 22. The number of nitrogens with one attached hydrogen (secondary N) is 7. The van der Waals surface area contributed by atoms with Crippen molar-refractivity contribution in [2.75, 3.05) is 57.5 Å². The number of rotatable bonds is 28. The summed E-state index contributed by atoms with van der Waals surface area (Å²) in [5, 5.41) is 45.4. The largest absolute Gasteiger partial charge is 0.491 e. The first-order valence-electron chi connectivity index (χ1n) is 30.1. The molecule has 6 heterocycles. The van der Waals surface area contributed by atoms with Gasteiger partial charge in [0.05, 0.1) is 58.8 Å². The van der Waals surface area contributed by atoms with E-state index in [0.717, 1.165) is 50.0 Å². The molecular formula is C65H73N13O14S6. The number of benzene rings is 3. The lowest BCUT2D eigenvalue weighted by Crippen LogP contribution is -2.20. The average Bonchev–Trinajstić information content (AvgIpc) is 1.42. The Morgan fingerprint density at radius 3 is 1.35 bits per heavy atom. The number of aryl methyl sites for hydroxylation is 4. The van der Waals surface area contributed by atoms with Gasteiger partial charge >= 0.3 is 36.0 Å². The van der Waals surface area contributed by atoms with Gasteiger partial charge in [0.2, 0.25) is 9.84 Å². The number of pyridine rings is 2. The molecule has 0 saturated heterocycles. The van der Waals surface area contributed by atoms with Gasteiger partial charge in [0.25, 0.3) is 0 Å². The molecule has 6 aromatic heterocycles. The number of carbonyl (C=O) groups is 6. The number of imidazole rings is 1. The van der Waals surface area contributed by atoms with E-state index in [1.165, 1.54) is 76.9 Å². The lowest BCUT2D eigenvalue weighted by Gasteiger charge is -2.14. The van der Waals surface area contributed by atoms with Crippen LogP contribution in [0.4, 0.5) is 46.8 Å². The van der Waals surface area contributed by atoms with Crippen molar-refractivity contribution in [3.8, 4) is 17.2 Å². The molecule has 33 heteroatoms. The molecule has 0 aliphatic heterocycles. The van der Waals surface area contributed by atoms with Gasteiger partial charge in [-0.2, -0.15) is 0 Å². The standard InChI is InChI=1S/C22H24N4O6S2.C22H24N4O4S2.C21H25N5O4S2/c1-13(2)11-32-18-8-14(3)4-6-17(18)25-21(29)26-22-24-10-16(33-22)12-34(30,31)19-7-5-15(9-23-19)20(27)28;1-13(2)11-30-18-8-14(3)4-6-17(18)25-21(29)26-22-24-10-16(32-22)12-31-19-7-5-15(9-23-19)20(27)28;1-12(2)11-30-17-8-13(3)4-5-15(17)24-19(29)26-21-22-9-14(32-21)6-7-31-20-23-10-16(25-20)18(27)28/h4-10,13H,11-12H2,1-3H3,(H,27,28)(H2,24,25,26,29);4-10,13H,11-12H2,1-3H3,(H,27,28)(H2,24,25,26,29);4-5,8-10,12H,6-7,11H2,1-3H3,(H,23,25)(H,27,28)(H2,22,24,26,29). The zero-order chi connectivity index (χ0) is 71.1. The molecule has 6 amide bonds. The van der Waals surface area contributed by atoms with Gasteiger partial charge in [-0.25, -0.2) is 67.1 Å². The van der Waals surface area contributed by atoms with E-state index in [2.05, 4.69) is 94.5 Å². The third-order valence-corrected chi connectivity index (χ3v) is 19.2. The second-order valence-corrected chi connectivity index (χ2v) is 30.0. The van der Waals surface area contributed by atoms with E-state index in [-0.39, 0.29) is 27.0 Å². The van der Waals surface area contributed by atoms with Crippen molar-refractivity contribution in [3.63, 3.8) is 0 Å². The van der Waals surface area contributed by atoms with Crippen LogP contribution in [-0.4, -0.2) is 120 Å². The fourth-order valence-corrected chi connectivity index (χ4v) is 13.7. The number of carbonyl (C=O) groups excluding carboxylic acids is 3. The number of nitrogens with zero attached hydrogens (tertiary/aromatic N) is 6. The van der Waals surface area contributed by atoms with Gasteiger partial charge in [0.15, 0.2) is 31.3 Å². The first-order chi connectivity index (χ1) is 46.6. The molecule has 0 unspecified atom stereocenters. The van der Waals surface area contributed by atoms with Crippen molar-refractivity contribution in [1.29, 1.82) is 0 Å². The van der Waals surface area contributed by atoms with Crippen molar-refractivity contribution in [3.05, 3.63) is 164 Å². The van der Waals surface area contributed by atoms with Crippen LogP contribution in [0.2, 0.25) is 0 Å². The molecule has 0 radical (unpaired) electrons. The number of sulfone groups is 1. The van der Waals surface area contributed by atoms with Crippen LogP contribution in [-0.2, 0) is 27.8 Å². The summed E-state index contributed by atoms with van der Waals surface area (Å²) in [5.74, 6) is 0.519. The van der Waals surface area contributed by atoms with E-state index in [4.69, 9.17) is 29.5 Å². The smallest absolute Gasteiger partial charge is 0.356 e. The summed E-state index contributed by atoms with van der Waals surface area (Å²) in [5.41, 5.74) is 4.81. The zero-order valence-electron chi connectivity index (χ0n) is 54.6. The normalized spacial score (nSPS) is 11.0. The molecule has 3 aromatic carbocycles. The average molecular weight is 1450 g/mol. The lowest BCUT2D eigenvalue weighted by molar-refractivity contribution is 0.0681. The van der Waals surface area contributed by atoms with Gasteiger partial charge in [-0.3, -0.25) is 16.0 Å². The summed E-state index contributed by atoms with van der Waals surface area (Å²) in [6.45, 7) is 19.8. The number of carboxylic acids is 3. The summed E-state index contributed by atoms with van der Waals surface area (Å²) in [4.78, 5) is 99.6. The molecule has 0 atom stereocenters. The molecule has 518 valence electrons. The number of amides is 6. The van der Waals surface area contributed by atoms with Gasteiger partial charge in [-0.15, -0.1) is 45.8 Å².